The van der Waals surface area contributed by atoms with Crippen molar-refractivity contribution in [1.82, 2.24) is 0 Å². The van der Waals surface area contributed by atoms with Crippen LogP contribution in [0.3, 0.4) is 0 Å². The highest BCUT2D eigenvalue weighted by Gasteiger charge is 2.16. The lowest BCUT2D eigenvalue weighted by molar-refractivity contribution is -0.116. The van der Waals surface area contributed by atoms with Crippen molar-refractivity contribution in [3.8, 4) is 17.2 Å². The van der Waals surface area contributed by atoms with Crippen LogP contribution < -0.4 is 19.5 Å². The molecule has 6 nitrogen and oxygen atoms in total. The fourth-order valence-corrected chi connectivity index (χ4v) is 2.53. The van der Waals surface area contributed by atoms with Gasteiger partial charge in [0.05, 0.1) is 0 Å². The number of halogens is 2. The molecule has 27 heavy (non-hydrogen) atoms. The molecule has 0 atom stereocenters. The highest BCUT2D eigenvalue weighted by molar-refractivity contribution is 6.00. The second-order valence-electron chi connectivity index (χ2n) is 5.73. The predicted molar refractivity (Wildman–Crippen MR) is 92.7 cm³/mol. The Morgan fingerprint density at radius 2 is 1.70 bits per heavy atom. The SMILES string of the molecule is O=C(CCC(=O)c1ccc2c(c1)OCCO2)Nc1ccc(OC(F)F)cc1. The normalized spacial score (nSPS) is 12.6. The first-order valence-corrected chi connectivity index (χ1v) is 8.29. The van der Waals surface area contributed by atoms with E-state index >= 15 is 0 Å². The first-order valence-electron chi connectivity index (χ1n) is 8.29. The maximum atomic E-state index is 12.3. The van der Waals surface area contributed by atoms with E-state index in [1.807, 2.05) is 0 Å². The average molecular weight is 377 g/mol. The number of anilines is 1. The number of fused-ring (bicyclic) bond motifs is 1. The van der Waals surface area contributed by atoms with Gasteiger partial charge in [-0.2, -0.15) is 8.78 Å². The number of Topliss-reactive ketones (excluding diaryl/α,β-unsaturated/α-hetero) is 1. The molecule has 0 bridgehead atoms. The number of amides is 1. The zero-order chi connectivity index (χ0) is 19.2. The Hall–Kier alpha value is -3.16. The molecule has 1 amide bonds. The topological polar surface area (TPSA) is 73.9 Å². The Bertz CT molecular complexity index is 823. The molecule has 0 aromatic heterocycles. The number of ether oxygens (including phenoxy) is 3. The highest BCUT2D eigenvalue weighted by Crippen LogP contribution is 2.31. The van der Waals surface area contributed by atoms with Gasteiger partial charge in [-0.15, -0.1) is 0 Å². The van der Waals surface area contributed by atoms with E-state index in [-0.39, 0.29) is 30.3 Å². The van der Waals surface area contributed by atoms with Crippen LogP contribution in [0.5, 0.6) is 17.2 Å². The summed E-state index contributed by atoms with van der Waals surface area (Å²) in [6, 6.07) is 10.4. The quantitative estimate of drug-likeness (QED) is 0.746. The molecule has 0 saturated heterocycles. The van der Waals surface area contributed by atoms with Gasteiger partial charge in [0.1, 0.15) is 19.0 Å². The molecule has 1 aliphatic rings. The Morgan fingerprint density at radius 3 is 2.41 bits per heavy atom. The summed E-state index contributed by atoms with van der Waals surface area (Å²) in [5.74, 6) is 0.556. The van der Waals surface area contributed by atoms with Crippen LogP contribution in [-0.4, -0.2) is 31.5 Å². The van der Waals surface area contributed by atoms with E-state index in [4.69, 9.17) is 9.47 Å². The lowest BCUT2D eigenvalue weighted by Gasteiger charge is -2.18. The first kappa shape index (κ1) is 18.6. The maximum Gasteiger partial charge on any atom is 0.387 e. The van der Waals surface area contributed by atoms with E-state index in [9.17, 15) is 18.4 Å². The molecule has 0 saturated carbocycles. The van der Waals surface area contributed by atoms with E-state index in [1.165, 1.54) is 24.3 Å². The highest BCUT2D eigenvalue weighted by atomic mass is 19.3. The number of ketones is 1. The summed E-state index contributed by atoms with van der Waals surface area (Å²) in [6.07, 6.45) is 0.0145. The number of hydrogen-bond acceptors (Lipinski definition) is 5. The number of carbonyl (C=O) groups excluding carboxylic acids is 2. The van der Waals surface area contributed by atoms with Gasteiger partial charge in [-0.05, 0) is 42.5 Å². The lowest BCUT2D eigenvalue weighted by Crippen LogP contribution is -2.16. The number of nitrogens with one attached hydrogen (secondary N) is 1. The maximum absolute atomic E-state index is 12.3. The Morgan fingerprint density at radius 1 is 1.00 bits per heavy atom. The van der Waals surface area contributed by atoms with Crippen LogP contribution in [-0.2, 0) is 4.79 Å². The molecule has 3 rings (SSSR count). The van der Waals surface area contributed by atoms with Gasteiger partial charge >= 0.3 is 6.61 Å². The summed E-state index contributed by atoms with van der Waals surface area (Å²) in [7, 11) is 0. The Kier molecular flexibility index (Phi) is 5.85. The molecule has 1 heterocycles. The van der Waals surface area contributed by atoms with Crippen molar-refractivity contribution in [3.05, 3.63) is 48.0 Å². The summed E-state index contributed by atoms with van der Waals surface area (Å²) in [6.45, 7) is -2.01. The van der Waals surface area contributed by atoms with Crippen LogP contribution in [0.1, 0.15) is 23.2 Å². The van der Waals surface area contributed by atoms with Gasteiger partial charge < -0.3 is 19.5 Å². The fourth-order valence-electron chi connectivity index (χ4n) is 2.53. The van der Waals surface area contributed by atoms with E-state index in [2.05, 4.69) is 10.1 Å². The van der Waals surface area contributed by atoms with Crippen molar-refractivity contribution in [1.29, 1.82) is 0 Å². The number of rotatable bonds is 7. The predicted octanol–water partition coefficient (Wildman–Crippen LogP) is 3.66. The molecule has 0 spiro atoms. The minimum atomic E-state index is -2.91. The summed E-state index contributed by atoms with van der Waals surface area (Å²) < 4.78 is 39.3. The van der Waals surface area contributed by atoms with Crippen LogP contribution in [0, 0.1) is 0 Å². The first-order chi connectivity index (χ1) is 13.0. The van der Waals surface area contributed by atoms with Crippen molar-refractivity contribution in [2.24, 2.45) is 0 Å². The van der Waals surface area contributed by atoms with Crippen molar-refractivity contribution in [3.63, 3.8) is 0 Å². The van der Waals surface area contributed by atoms with E-state index < -0.39 is 6.61 Å². The molecule has 0 aliphatic carbocycles. The molecule has 0 radical (unpaired) electrons. The van der Waals surface area contributed by atoms with Gasteiger partial charge in [0.15, 0.2) is 17.3 Å². The van der Waals surface area contributed by atoms with Crippen LogP contribution in [0.25, 0.3) is 0 Å². The average Bonchev–Trinajstić information content (AvgIpc) is 2.67. The number of alkyl halides is 2. The zero-order valence-corrected chi connectivity index (χ0v) is 14.2. The standard InChI is InChI=1S/C19H17F2NO5/c20-19(21)27-14-4-2-13(3-5-14)22-18(24)8-6-15(23)12-1-7-16-17(11-12)26-10-9-25-16/h1-5,7,11,19H,6,8-10H2,(H,22,24). The van der Waals surface area contributed by atoms with E-state index in [1.54, 1.807) is 18.2 Å². The molecule has 0 fully saturated rings. The van der Waals surface area contributed by atoms with Gasteiger partial charge in [-0.25, -0.2) is 0 Å². The van der Waals surface area contributed by atoms with Gasteiger partial charge in [-0.3, -0.25) is 9.59 Å². The van der Waals surface area contributed by atoms with Crippen molar-refractivity contribution >= 4 is 17.4 Å². The number of benzene rings is 2. The molecule has 1 N–H and O–H groups in total. The monoisotopic (exact) mass is 377 g/mol. The van der Waals surface area contributed by atoms with Crippen LogP contribution in [0.15, 0.2) is 42.5 Å². The van der Waals surface area contributed by atoms with Crippen molar-refractivity contribution in [2.75, 3.05) is 18.5 Å². The number of carbonyl (C=O) groups is 2. The third-order valence-electron chi connectivity index (χ3n) is 3.81. The van der Waals surface area contributed by atoms with Crippen LogP contribution in [0.2, 0.25) is 0 Å². The summed E-state index contributed by atoms with van der Waals surface area (Å²) >= 11 is 0. The molecule has 0 unspecified atom stereocenters. The molecular formula is C19H17F2NO5. The van der Waals surface area contributed by atoms with Crippen LogP contribution in [0.4, 0.5) is 14.5 Å². The minimum absolute atomic E-state index is 0.00298. The Balaban J connectivity index is 1.50. The smallest absolute Gasteiger partial charge is 0.387 e. The van der Waals surface area contributed by atoms with Gasteiger partial charge in [0, 0.05) is 24.1 Å². The molecule has 2 aromatic carbocycles. The third-order valence-corrected chi connectivity index (χ3v) is 3.81. The van der Waals surface area contributed by atoms with E-state index in [0.29, 0.717) is 36.0 Å². The molecule has 2 aromatic rings. The number of hydrogen-bond donors (Lipinski definition) is 1. The molecule has 142 valence electrons. The van der Waals surface area contributed by atoms with Gasteiger partial charge in [-0.1, -0.05) is 0 Å². The van der Waals surface area contributed by atoms with Crippen LogP contribution >= 0.6 is 0 Å². The summed E-state index contributed by atoms with van der Waals surface area (Å²) in [4.78, 5) is 24.3. The second kappa shape index (κ2) is 8.48. The summed E-state index contributed by atoms with van der Waals surface area (Å²) in [5, 5.41) is 2.60. The Labute approximate surface area is 154 Å². The molecular weight excluding hydrogens is 360 g/mol. The second-order valence-corrected chi connectivity index (χ2v) is 5.73. The third kappa shape index (κ3) is 5.16. The molecule has 8 heteroatoms. The fraction of sp³-hybridized carbons (Fsp3) is 0.263. The van der Waals surface area contributed by atoms with E-state index in [0.717, 1.165) is 0 Å². The largest absolute Gasteiger partial charge is 0.486 e. The van der Waals surface area contributed by atoms with Crippen molar-refractivity contribution in [2.45, 2.75) is 19.5 Å². The lowest BCUT2D eigenvalue weighted by atomic mass is 10.1. The molecule has 1 aliphatic heterocycles. The van der Waals surface area contributed by atoms with Crippen molar-refractivity contribution < 1.29 is 32.6 Å². The summed E-state index contributed by atoms with van der Waals surface area (Å²) in [5.41, 5.74) is 0.869. The van der Waals surface area contributed by atoms with Gasteiger partial charge in [0.25, 0.3) is 0 Å². The minimum Gasteiger partial charge on any atom is -0.486 e. The zero-order valence-electron chi connectivity index (χ0n) is 14.2. The van der Waals surface area contributed by atoms with Gasteiger partial charge in [0.2, 0.25) is 5.91 Å².